The molecule has 14 nitrogen and oxygen atoms in total. The molecular weight excluding hydrogens is 809 g/mol. The summed E-state index contributed by atoms with van der Waals surface area (Å²) in [6.07, 6.45) is 6.32. The Morgan fingerprint density at radius 1 is 1.06 bits per heavy atom. The van der Waals surface area contributed by atoms with Crippen molar-refractivity contribution < 1.29 is 51.7 Å². The summed E-state index contributed by atoms with van der Waals surface area (Å²) in [4.78, 5) is 70.1. The molecule has 1 aromatic carbocycles. The van der Waals surface area contributed by atoms with Crippen LogP contribution in [0, 0.1) is 41.3 Å². The Bertz CT molecular complexity index is 2590. The molecule has 332 valence electrons. The molecule has 2 aromatic heterocycles. The molecule has 0 radical (unpaired) electrons. The number of ether oxygens (including phenoxy) is 2. The Labute approximate surface area is 356 Å². The number of fused-ring (bicyclic) bond motifs is 6. The molecule has 2 N–H and O–H groups in total. The van der Waals surface area contributed by atoms with Gasteiger partial charge in [-0.3, -0.25) is 19.3 Å². The normalized spacial score (nSPS) is 34.4. The largest absolute Gasteiger partial charge is 0.519 e. The number of nitrogens with zero attached hydrogens (tertiary/aromatic N) is 3. The number of allylic oxidation sites excluding steroid dienone is 4. The number of esters is 1. The van der Waals surface area contributed by atoms with E-state index in [0.29, 0.717) is 61.6 Å². The lowest BCUT2D eigenvalue weighted by atomic mass is 9.44. The highest BCUT2D eigenvalue weighted by Crippen LogP contribution is 2.70. The number of ketones is 2. The van der Waals surface area contributed by atoms with Crippen LogP contribution >= 0.6 is 0 Å². The average molecular weight is 862 g/mol. The third-order valence-electron chi connectivity index (χ3n) is 15.8. The number of carbonyl (C=O) groups excluding carboxylic acids is 3. The standard InChI is InChI=1S/C46H53F2N3O11/c1-23-15-32-31-10-7-26-16-28(52)11-12-43(26,4)45(31,48)35(53)18-44(32,5)46(23,58)36(54)22-60-41(56)30-20-51(27-8-9-27)37-29(39(30)55)17-33(47)38(40(37)59-6)50-14-13-49(24(2)19-50)21-34-25(3)61-42(57)62-34/h11-12,16-17,20,23-24,27,31-32,35,53,58H,7-10,13-15,18-19,21-22H2,1-6H3/t23-,24?,31+,32+,35+,43+,44+,45+,46+/m0/s1. The number of piperazine rings is 1. The van der Waals surface area contributed by atoms with Crippen LogP contribution in [0.1, 0.15) is 94.1 Å². The van der Waals surface area contributed by atoms with Gasteiger partial charge in [0.05, 0.1) is 30.7 Å². The SMILES string of the molecule is COc1c(N2CCN(Cc3oc(=O)oc3C)C(C)C2)c(F)cc2c(=O)c(C(=O)OCC(=O)[C@]3(O)[C@@H](C)C[C@@H]4[C@H]5CCC6=CC(=O)C=C[C@@]6(C)[C@]5(F)[C@H](O)C[C@]43C)cn(C3CC3)c12. The van der Waals surface area contributed by atoms with Gasteiger partial charge in [-0.2, -0.15) is 0 Å². The van der Waals surface area contributed by atoms with Crippen molar-refractivity contribution in [1.82, 2.24) is 9.47 Å². The molecule has 6 aliphatic rings. The number of aryl methyl sites for hydroxylation is 1. The number of hydrogen-bond donors (Lipinski definition) is 2. The van der Waals surface area contributed by atoms with Crippen molar-refractivity contribution in [2.45, 2.75) is 109 Å². The van der Waals surface area contributed by atoms with Crippen molar-refractivity contribution in [2.75, 3.05) is 38.3 Å². The smallest absolute Gasteiger partial charge is 0.492 e. The number of Topliss-reactive ketones (excluding diaryl/α,β-unsaturated/α-hetero) is 1. The molecule has 9 atom stereocenters. The van der Waals surface area contributed by atoms with Gasteiger partial charge in [0.1, 0.15) is 22.6 Å². The maximum absolute atomic E-state index is 17.7. The minimum absolute atomic E-state index is 0.103. The molecule has 0 amide bonds. The number of carbonyl (C=O) groups is 3. The summed E-state index contributed by atoms with van der Waals surface area (Å²) in [6, 6.07) is 0.861. The van der Waals surface area contributed by atoms with Crippen molar-refractivity contribution >= 4 is 34.1 Å². The first-order chi connectivity index (χ1) is 29.3. The Kier molecular flexibility index (Phi) is 9.95. The second kappa shape index (κ2) is 14.6. The van der Waals surface area contributed by atoms with Crippen LogP contribution in [0.3, 0.4) is 0 Å². The van der Waals surface area contributed by atoms with Gasteiger partial charge in [-0.15, -0.1) is 0 Å². The summed E-state index contributed by atoms with van der Waals surface area (Å²) in [5.74, 6) is -4.70. The zero-order chi connectivity index (χ0) is 44.4. The van der Waals surface area contributed by atoms with Gasteiger partial charge in [0.2, 0.25) is 11.2 Å². The Hall–Kier alpha value is -4.93. The van der Waals surface area contributed by atoms with E-state index >= 15 is 8.78 Å². The lowest BCUT2D eigenvalue weighted by molar-refractivity contribution is -0.219. The third-order valence-corrected chi connectivity index (χ3v) is 15.8. The highest BCUT2D eigenvalue weighted by atomic mass is 19.1. The van der Waals surface area contributed by atoms with Crippen molar-refractivity contribution in [3.05, 3.63) is 79.8 Å². The quantitative estimate of drug-likeness (QED) is 0.271. The fourth-order valence-corrected chi connectivity index (χ4v) is 12.3. The van der Waals surface area contributed by atoms with E-state index in [1.807, 2.05) is 11.8 Å². The molecule has 9 rings (SSSR count). The summed E-state index contributed by atoms with van der Waals surface area (Å²) < 4.78 is 57.4. The van der Waals surface area contributed by atoms with Gasteiger partial charge < -0.3 is 38.0 Å². The fraction of sp³-hybridized carbons (Fsp3) is 0.587. The Balaban J connectivity index is 0.969. The van der Waals surface area contributed by atoms with Crippen molar-refractivity contribution in [2.24, 2.45) is 28.6 Å². The minimum atomic E-state index is -2.16. The fourth-order valence-electron chi connectivity index (χ4n) is 12.3. The second-order valence-corrected chi connectivity index (χ2v) is 19.0. The number of benzene rings is 1. The number of halogens is 2. The second-order valence-electron chi connectivity index (χ2n) is 19.0. The molecule has 4 saturated carbocycles. The van der Waals surface area contributed by atoms with E-state index in [2.05, 4.69) is 4.90 Å². The van der Waals surface area contributed by atoms with Gasteiger partial charge in [-0.1, -0.05) is 25.5 Å². The molecule has 1 unspecified atom stereocenters. The number of pyridine rings is 1. The molecule has 0 bridgehead atoms. The number of aromatic nitrogens is 1. The Morgan fingerprint density at radius 3 is 2.47 bits per heavy atom. The first kappa shape index (κ1) is 42.4. The summed E-state index contributed by atoms with van der Waals surface area (Å²) >= 11 is 0. The predicted octanol–water partition coefficient (Wildman–Crippen LogP) is 5.12. The molecule has 1 saturated heterocycles. The number of aliphatic hydroxyl groups is 2. The van der Waals surface area contributed by atoms with Crippen LogP contribution in [-0.2, 0) is 20.9 Å². The minimum Gasteiger partial charge on any atom is -0.492 e. The van der Waals surface area contributed by atoms with Crippen LogP contribution in [-0.4, -0.2) is 94.0 Å². The Morgan fingerprint density at radius 2 is 1.81 bits per heavy atom. The van der Waals surface area contributed by atoms with Gasteiger partial charge in [-0.05, 0) is 89.4 Å². The first-order valence-corrected chi connectivity index (χ1v) is 21.6. The lowest BCUT2D eigenvalue weighted by Gasteiger charge is -2.62. The maximum Gasteiger partial charge on any atom is 0.519 e. The van der Waals surface area contributed by atoms with E-state index < -0.39 is 86.9 Å². The molecule has 5 fully saturated rings. The summed E-state index contributed by atoms with van der Waals surface area (Å²) in [7, 11) is 1.40. The van der Waals surface area contributed by atoms with Crippen molar-refractivity contribution in [3.8, 4) is 5.75 Å². The van der Waals surface area contributed by atoms with E-state index in [1.165, 1.54) is 25.5 Å². The van der Waals surface area contributed by atoms with E-state index in [9.17, 15) is 34.2 Å². The summed E-state index contributed by atoms with van der Waals surface area (Å²) in [6.45, 7) is 9.38. The highest BCUT2D eigenvalue weighted by molar-refractivity contribution is 6.01. The van der Waals surface area contributed by atoms with Crippen molar-refractivity contribution in [1.29, 1.82) is 0 Å². The molecule has 5 aliphatic carbocycles. The number of methoxy groups -OCH3 is 1. The molecule has 3 heterocycles. The molecule has 16 heteroatoms. The van der Waals surface area contributed by atoms with Crippen LogP contribution in [0.25, 0.3) is 10.9 Å². The van der Waals surface area contributed by atoms with Gasteiger partial charge in [0.15, 0.2) is 35.4 Å². The van der Waals surface area contributed by atoms with E-state index in [0.717, 1.165) is 18.9 Å². The number of aliphatic hydroxyl groups excluding tert-OH is 1. The number of alkyl halides is 1. The van der Waals surface area contributed by atoms with E-state index in [-0.39, 0.29) is 47.5 Å². The van der Waals surface area contributed by atoms with Crippen LogP contribution in [0.2, 0.25) is 0 Å². The van der Waals surface area contributed by atoms with Crippen LogP contribution in [0.15, 0.2) is 54.5 Å². The molecule has 3 aromatic rings. The van der Waals surface area contributed by atoms with E-state index in [1.54, 1.807) is 38.3 Å². The van der Waals surface area contributed by atoms with Gasteiger partial charge in [0.25, 0.3) is 0 Å². The first-order valence-electron chi connectivity index (χ1n) is 21.6. The van der Waals surface area contributed by atoms with Crippen LogP contribution < -0.4 is 20.9 Å². The highest BCUT2D eigenvalue weighted by Gasteiger charge is 2.75. The monoisotopic (exact) mass is 861 g/mol. The zero-order valence-electron chi connectivity index (χ0n) is 35.8. The average Bonchev–Trinajstić information content (AvgIpc) is 3.99. The molecule has 0 spiro atoms. The van der Waals surface area contributed by atoms with Gasteiger partial charge in [-0.25, -0.2) is 18.4 Å². The van der Waals surface area contributed by atoms with Crippen LogP contribution in [0.4, 0.5) is 14.5 Å². The summed E-state index contributed by atoms with van der Waals surface area (Å²) in [5.41, 5.74) is -6.95. The lowest BCUT2D eigenvalue weighted by Crippen LogP contribution is -2.69. The molecular formula is C46H53F2N3O11. The van der Waals surface area contributed by atoms with Gasteiger partial charge in [0, 0.05) is 54.7 Å². The van der Waals surface area contributed by atoms with Crippen LogP contribution in [0.5, 0.6) is 5.75 Å². The molecule has 1 aliphatic heterocycles. The predicted molar refractivity (Wildman–Crippen MR) is 220 cm³/mol. The number of hydrogen-bond acceptors (Lipinski definition) is 13. The van der Waals surface area contributed by atoms with Crippen molar-refractivity contribution in [3.63, 3.8) is 0 Å². The molecule has 62 heavy (non-hydrogen) atoms. The number of anilines is 1. The third kappa shape index (κ3) is 5.98. The topological polar surface area (TPSA) is 182 Å². The maximum atomic E-state index is 17.7. The number of rotatable bonds is 9. The van der Waals surface area contributed by atoms with E-state index in [4.69, 9.17) is 18.3 Å². The summed E-state index contributed by atoms with van der Waals surface area (Å²) in [5, 5.41) is 24.1. The van der Waals surface area contributed by atoms with Gasteiger partial charge >= 0.3 is 11.8 Å². The zero-order valence-corrected chi connectivity index (χ0v) is 35.8.